The number of unbranched alkanes of at least 4 members (excludes halogenated alkanes) is 1. The van der Waals surface area contributed by atoms with Gasteiger partial charge >= 0.3 is 6.09 Å². The summed E-state index contributed by atoms with van der Waals surface area (Å²) in [6, 6.07) is 3.62. The Hall–Kier alpha value is -2.86. The molecule has 0 bridgehead atoms. The number of guanidine groups is 1. The third-order valence-electron chi connectivity index (χ3n) is 4.29. The minimum Gasteiger partial charge on any atom is -0.444 e. The van der Waals surface area contributed by atoms with Gasteiger partial charge < -0.3 is 15.0 Å². The second-order valence-electron chi connectivity index (χ2n) is 7.84. The van der Waals surface area contributed by atoms with E-state index in [1.165, 1.54) is 0 Å². The minimum atomic E-state index is -0.458. The second-order valence-corrected chi connectivity index (χ2v) is 7.84. The van der Waals surface area contributed by atoms with Gasteiger partial charge in [0.15, 0.2) is 6.19 Å². The summed E-state index contributed by atoms with van der Waals surface area (Å²) in [5.74, 6) is 0.435. The molecule has 2 heterocycles. The zero-order valence-electron chi connectivity index (χ0n) is 17.5. The van der Waals surface area contributed by atoms with E-state index in [1.807, 2.05) is 39.1 Å². The molecule has 1 aromatic rings. The number of nitriles is 1. The summed E-state index contributed by atoms with van der Waals surface area (Å²) in [7, 11) is 0. The molecule has 9 heteroatoms. The Morgan fingerprint density at radius 3 is 2.55 bits per heavy atom. The van der Waals surface area contributed by atoms with Crippen molar-refractivity contribution >= 4 is 17.7 Å². The summed E-state index contributed by atoms with van der Waals surface area (Å²) in [5.41, 5.74) is 0.365. The van der Waals surface area contributed by atoms with E-state index < -0.39 is 5.60 Å². The molecule has 1 aliphatic rings. The average molecular weight is 402 g/mol. The number of anilines is 1. The van der Waals surface area contributed by atoms with E-state index in [0.717, 1.165) is 38.2 Å². The van der Waals surface area contributed by atoms with E-state index in [1.54, 1.807) is 17.3 Å². The number of nitrogens with one attached hydrogen (secondary N) is 2. The first kappa shape index (κ1) is 22.4. The molecule has 1 aliphatic heterocycles. The molecule has 0 radical (unpaired) electrons. The van der Waals surface area contributed by atoms with Crippen LogP contribution in [0.5, 0.6) is 0 Å². The van der Waals surface area contributed by atoms with Gasteiger partial charge in [0.25, 0.3) is 0 Å². The SMILES string of the molecule is CC(C)(C)OC(=O)N1CCN(CCCCN=C(NC#N)Nc2ccncc2)CC1. The van der Waals surface area contributed by atoms with Gasteiger partial charge in [0.1, 0.15) is 5.60 Å². The molecular weight excluding hydrogens is 370 g/mol. The van der Waals surface area contributed by atoms with E-state index in [0.29, 0.717) is 25.6 Å². The van der Waals surface area contributed by atoms with Crippen LogP contribution in [0.4, 0.5) is 10.5 Å². The number of pyridine rings is 1. The number of amides is 1. The molecule has 158 valence electrons. The summed E-state index contributed by atoms with van der Waals surface area (Å²) in [4.78, 5) is 24.6. The van der Waals surface area contributed by atoms with E-state index in [4.69, 9.17) is 10.00 Å². The number of aliphatic imine (C=N–C) groups is 1. The molecule has 9 nitrogen and oxygen atoms in total. The van der Waals surface area contributed by atoms with Gasteiger partial charge in [0.05, 0.1) is 0 Å². The number of hydrogen-bond acceptors (Lipinski definition) is 6. The molecule has 0 saturated carbocycles. The van der Waals surface area contributed by atoms with Crippen molar-refractivity contribution in [2.24, 2.45) is 4.99 Å². The number of nitrogens with zero attached hydrogens (tertiary/aromatic N) is 5. The van der Waals surface area contributed by atoms with Gasteiger partial charge in [-0.25, -0.2) is 4.79 Å². The van der Waals surface area contributed by atoms with Crippen LogP contribution in [0, 0.1) is 11.5 Å². The van der Waals surface area contributed by atoms with Crippen LogP contribution in [0.2, 0.25) is 0 Å². The van der Waals surface area contributed by atoms with Crippen molar-refractivity contribution in [3.63, 3.8) is 0 Å². The molecule has 2 N–H and O–H groups in total. The quantitative estimate of drug-likeness (QED) is 0.248. The average Bonchev–Trinajstić information content (AvgIpc) is 2.68. The fourth-order valence-corrected chi connectivity index (χ4v) is 2.85. The number of carbonyl (C=O) groups is 1. The summed E-state index contributed by atoms with van der Waals surface area (Å²) in [6.07, 6.45) is 6.94. The van der Waals surface area contributed by atoms with Gasteiger partial charge in [-0.05, 0) is 52.3 Å². The van der Waals surface area contributed by atoms with E-state index in [2.05, 4.69) is 25.5 Å². The van der Waals surface area contributed by atoms with Gasteiger partial charge in [-0.3, -0.25) is 20.2 Å². The third kappa shape index (κ3) is 8.79. The Labute approximate surface area is 172 Å². The Kier molecular flexibility index (Phi) is 8.68. The summed E-state index contributed by atoms with van der Waals surface area (Å²) < 4.78 is 5.43. The van der Waals surface area contributed by atoms with Crippen molar-refractivity contribution in [1.29, 1.82) is 5.26 Å². The molecule has 0 aliphatic carbocycles. The van der Waals surface area contributed by atoms with Crippen molar-refractivity contribution in [3.8, 4) is 6.19 Å². The first-order chi connectivity index (χ1) is 13.9. The predicted molar refractivity (Wildman–Crippen MR) is 112 cm³/mol. The fourth-order valence-electron chi connectivity index (χ4n) is 2.85. The highest BCUT2D eigenvalue weighted by Gasteiger charge is 2.25. The molecule has 29 heavy (non-hydrogen) atoms. The minimum absolute atomic E-state index is 0.231. The highest BCUT2D eigenvalue weighted by Crippen LogP contribution is 2.12. The normalized spacial score (nSPS) is 15.5. The van der Waals surface area contributed by atoms with Crippen LogP contribution in [0.25, 0.3) is 0 Å². The van der Waals surface area contributed by atoms with Gasteiger partial charge in [-0.15, -0.1) is 0 Å². The van der Waals surface area contributed by atoms with Crippen molar-refractivity contribution in [3.05, 3.63) is 24.5 Å². The van der Waals surface area contributed by atoms with Crippen LogP contribution < -0.4 is 10.6 Å². The molecular formula is C20H31N7O2. The van der Waals surface area contributed by atoms with E-state index in [-0.39, 0.29) is 6.09 Å². The van der Waals surface area contributed by atoms with Crippen LogP contribution in [-0.2, 0) is 4.74 Å². The van der Waals surface area contributed by atoms with Crippen molar-refractivity contribution in [2.45, 2.75) is 39.2 Å². The lowest BCUT2D eigenvalue weighted by molar-refractivity contribution is 0.0144. The van der Waals surface area contributed by atoms with Crippen LogP contribution in [-0.4, -0.2) is 71.7 Å². The number of piperazine rings is 1. The first-order valence-electron chi connectivity index (χ1n) is 9.94. The fraction of sp³-hybridized carbons (Fsp3) is 0.600. The highest BCUT2D eigenvalue weighted by molar-refractivity contribution is 5.94. The number of rotatable bonds is 6. The monoisotopic (exact) mass is 401 g/mol. The third-order valence-corrected chi connectivity index (χ3v) is 4.29. The lowest BCUT2D eigenvalue weighted by Crippen LogP contribution is -2.50. The molecule has 1 fully saturated rings. The van der Waals surface area contributed by atoms with Crippen LogP contribution in [0.1, 0.15) is 33.6 Å². The summed E-state index contributed by atoms with van der Waals surface area (Å²) in [6.45, 7) is 10.3. The molecule has 2 rings (SSSR count). The number of carbonyl (C=O) groups excluding carboxylic acids is 1. The molecule has 0 unspecified atom stereocenters. The van der Waals surface area contributed by atoms with Crippen LogP contribution in [0.3, 0.4) is 0 Å². The standard InChI is InChI=1S/C20H31N7O2/c1-20(2,3)29-19(28)27-14-12-26(13-15-27)11-5-4-8-23-18(24-16-21)25-17-6-9-22-10-7-17/h6-7,9-10H,4-5,8,11-15H2,1-3H3,(H2,22,23,24,25). The molecule has 0 atom stereocenters. The lowest BCUT2D eigenvalue weighted by Gasteiger charge is -2.35. The highest BCUT2D eigenvalue weighted by atomic mass is 16.6. The maximum Gasteiger partial charge on any atom is 0.410 e. The molecule has 1 amide bonds. The van der Waals surface area contributed by atoms with E-state index in [9.17, 15) is 4.79 Å². The maximum absolute atomic E-state index is 12.1. The zero-order chi connectivity index (χ0) is 21.1. The van der Waals surface area contributed by atoms with Gasteiger partial charge in [-0.2, -0.15) is 5.26 Å². The lowest BCUT2D eigenvalue weighted by atomic mass is 10.2. The summed E-state index contributed by atoms with van der Waals surface area (Å²) in [5, 5.41) is 14.5. The van der Waals surface area contributed by atoms with Crippen molar-refractivity contribution in [2.75, 3.05) is 44.6 Å². The maximum atomic E-state index is 12.1. The number of ether oxygens (including phenoxy) is 1. The van der Waals surface area contributed by atoms with Gasteiger partial charge in [0.2, 0.25) is 5.96 Å². The predicted octanol–water partition coefficient (Wildman–Crippen LogP) is 2.25. The van der Waals surface area contributed by atoms with Gasteiger partial charge in [-0.1, -0.05) is 0 Å². The van der Waals surface area contributed by atoms with Crippen molar-refractivity contribution < 1.29 is 9.53 Å². The Morgan fingerprint density at radius 1 is 1.24 bits per heavy atom. The molecule has 0 aromatic carbocycles. The molecule has 1 saturated heterocycles. The number of aromatic nitrogens is 1. The topological polar surface area (TPSA) is 106 Å². The van der Waals surface area contributed by atoms with Crippen LogP contribution >= 0.6 is 0 Å². The smallest absolute Gasteiger partial charge is 0.410 e. The molecule has 0 spiro atoms. The Balaban J connectivity index is 1.65. The first-order valence-corrected chi connectivity index (χ1v) is 9.94. The van der Waals surface area contributed by atoms with Gasteiger partial charge in [0, 0.05) is 50.8 Å². The number of hydrogen-bond donors (Lipinski definition) is 2. The van der Waals surface area contributed by atoms with E-state index >= 15 is 0 Å². The summed E-state index contributed by atoms with van der Waals surface area (Å²) >= 11 is 0. The largest absolute Gasteiger partial charge is 0.444 e. The Morgan fingerprint density at radius 2 is 1.93 bits per heavy atom. The molecule has 1 aromatic heterocycles. The zero-order valence-corrected chi connectivity index (χ0v) is 17.5. The Bertz CT molecular complexity index is 702. The second kappa shape index (κ2) is 11.2. The van der Waals surface area contributed by atoms with Crippen LogP contribution in [0.15, 0.2) is 29.5 Å². The van der Waals surface area contributed by atoms with Crippen molar-refractivity contribution in [1.82, 2.24) is 20.1 Å².